The lowest BCUT2D eigenvalue weighted by atomic mass is 9.85. The van der Waals surface area contributed by atoms with Crippen LogP contribution in [-0.2, 0) is 11.2 Å². The third-order valence-corrected chi connectivity index (χ3v) is 5.71. The number of ether oxygens (including phenoxy) is 1. The van der Waals surface area contributed by atoms with Crippen molar-refractivity contribution in [2.24, 2.45) is 0 Å². The molecule has 0 spiro atoms. The summed E-state index contributed by atoms with van der Waals surface area (Å²) in [7, 11) is 1.66. The number of nitrogens with zero attached hydrogens (tertiary/aromatic N) is 1. The van der Waals surface area contributed by atoms with Crippen LogP contribution < -0.4 is 4.74 Å². The highest BCUT2D eigenvalue weighted by Crippen LogP contribution is 2.59. The van der Waals surface area contributed by atoms with E-state index < -0.39 is 0 Å². The lowest BCUT2D eigenvalue weighted by molar-refractivity contribution is -0.136. The number of fused-ring (bicyclic) bond motifs is 3. The van der Waals surface area contributed by atoms with E-state index in [0.29, 0.717) is 6.42 Å². The van der Waals surface area contributed by atoms with E-state index in [-0.39, 0.29) is 21.6 Å². The van der Waals surface area contributed by atoms with Crippen molar-refractivity contribution in [2.75, 3.05) is 7.11 Å². The third kappa shape index (κ3) is 1.85. The highest BCUT2D eigenvalue weighted by atomic mass is 32.2. The molecule has 0 aliphatic carbocycles. The Labute approximate surface area is 124 Å². The van der Waals surface area contributed by atoms with Gasteiger partial charge in [0.1, 0.15) is 5.75 Å². The number of hydrogen-bond acceptors (Lipinski definition) is 3. The minimum Gasteiger partial charge on any atom is -0.497 e. The Morgan fingerprint density at radius 1 is 1.30 bits per heavy atom. The minimum absolute atomic E-state index is 0.0168. The topological polar surface area (TPSA) is 29.5 Å². The van der Waals surface area contributed by atoms with Crippen molar-refractivity contribution in [2.45, 2.75) is 49.8 Å². The fraction of sp³-hybridized carbons (Fsp3) is 0.562. The summed E-state index contributed by atoms with van der Waals surface area (Å²) in [5, 5.41) is 0. The van der Waals surface area contributed by atoms with Gasteiger partial charge in [-0.15, -0.1) is 11.8 Å². The van der Waals surface area contributed by atoms with Gasteiger partial charge >= 0.3 is 0 Å². The summed E-state index contributed by atoms with van der Waals surface area (Å²) in [4.78, 5) is 14.5. The number of rotatable bonds is 1. The maximum absolute atomic E-state index is 12.6. The van der Waals surface area contributed by atoms with Crippen LogP contribution in [0.2, 0.25) is 0 Å². The van der Waals surface area contributed by atoms with Gasteiger partial charge in [-0.3, -0.25) is 4.79 Å². The first kappa shape index (κ1) is 13.8. The van der Waals surface area contributed by atoms with Crippen molar-refractivity contribution < 1.29 is 9.53 Å². The molecule has 4 heteroatoms. The first-order valence-corrected chi connectivity index (χ1v) is 7.77. The van der Waals surface area contributed by atoms with E-state index in [0.717, 1.165) is 11.3 Å². The van der Waals surface area contributed by atoms with E-state index in [1.807, 2.05) is 23.9 Å². The molecule has 0 aromatic heterocycles. The molecule has 1 atom stereocenters. The van der Waals surface area contributed by atoms with E-state index in [2.05, 4.69) is 38.7 Å². The second-order valence-electron chi connectivity index (χ2n) is 6.56. The number of carbonyl (C=O) groups is 1. The van der Waals surface area contributed by atoms with Gasteiger partial charge in [0, 0.05) is 4.75 Å². The molecule has 3 rings (SSSR count). The molecule has 2 heterocycles. The van der Waals surface area contributed by atoms with Crippen LogP contribution >= 0.6 is 11.8 Å². The normalized spacial score (nSPS) is 26.1. The molecule has 2 aliphatic heterocycles. The highest BCUT2D eigenvalue weighted by Gasteiger charge is 2.56. The maximum Gasteiger partial charge on any atom is 0.228 e. The van der Waals surface area contributed by atoms with Crippen LogP contribution in [0, 0.1) is 0 Å². The molecule has 2 aliphatic rings. The molecular weight excluding hydrogens is 270 g/mol. The van der Waals surface area contributed by atoms with E-state index in [9.17, 15) is 4.79 Å². The van der Waals surface area contributed by atoms with Gasteiger partial charge in [-0.05, 0) is 51.0 Å². The van der Waals surface area contributed by atoms with Gasteiger partial charge in [-0.2, -0.15) is 0 Å². The molecular formula is C16H21NO2S. The van der Waals surface area contributed by atoms with E-state index in [1.54, 1.807) is 7.11 Å². The molecule has 1 aromatic carbocycles. The van der Waals surface area contributed by atoms with Gasteiger partial charge < -0.3 is 9.64 Å². The summed E-state index contributed by atoms with van der Waals surface area (Å²) in [5.41, 5.74) is 2.38. The minimum atomic E-state index is -0.150. The van der Waals surface area contributed by atoms with Gasteiger partial charge in [0.25, 0.3) is 0 Å². The Bertz CT molecular complexity index is 580. The van der Waals surface area contributed by atoms with Crippen molar-refractivity contribution in [3.63, 3.8) is 0 Å². The van der Waals surface area contributed by atoms with Crippen molar-refractivity contribution in [3.05, 3.63) is 29.3 Å². The van der Waals surface area contributed by atoms with Crippen LogP contribution in [0.15, 0.2) is 18.2 Å². The number of amides is 1. The molecule has 0 N–H and O–H groups in total. The van der Waals surface area contributed by atoms with Gasteiger partial charge in [0.15, 0.2) is 0 Å². The molecule has 0 radical (unpaired) electrons. The van der Waals surface area contributed by atoms with Crippen molar-refractivity contribution in [1.29, 1.82) is 0 Å². The van der Waals surface area contributed by atoms with Crippen LogP contribution in [0.3, 0.4) is 0 Å². The number of thioether (sulfide) groups is 1. The van der Waals surface area contributed by atoms with E-state index >= 15 is 0 Å². The van der Waals surface area contributed by atoms with Gasteiger partial charge in [0.05, 0.1) is 24.4 Å². The molecule has 1 aromatic rings. The molecule has 0 saturated carbocycles. The summed E-state index contributed by atoms with van der Waals surface area (Å²) < 4.78 is 5.31. The Morgan fingerprint density at radius 2 is 2.00 bits per heavy atom. The smallest absolute Gasteiger partial charge is 0.228 e. The first-order chi connectivity index (χ1) is 9.26. The molecule has 3 nitrogen and oxygen atoms in total. The summed E-state index contributed by atoms with van der Waals surface area (Å²) in [6.07, 6.45) is 0.475. The second-order valence-corrected chi connectivity index (χ2v) is 8.82. The Kier molecular flexibility index (Phi) is 2.88. The molecule has 1 amide bonds. The van der Waals surface area contributed by atoms with Crippen LogP contribution in [0.4, 0.5) is 0 Å². The van der Waals surface area contributed by atoms with Crippen molar-refractivity contribution >= 4 is 17.7 Å². The number of methoxy groups -OCH3 is 1. The molecule has 20 heavy (non-hydrogen) atoms. The quantitative estimate of drug-likeness (QED) is 0.794. The molecule has 1 fully saturated rings. The molecule has 1 saturated heterocycles. The molecule has 108 valence electrons. The van der Waals surface area contributed by atoms with E-state index in [1.165, 1.54) is 5.56 Å². The second kappa shape index (κ2) is 4.17. The molecule has 0 bridgehead atoms. The largest absolute Gasteiger partial charge is 0.497 e. The summed E-state index contributed by atoms with van der Waals surface area (Å²) in [5.74, 6) is 1.05. The zero-order chi connectivity index (χ0) is 14.7. The first-order valence-electron chi connectivity index (χ1n) is 6.95. The Morgan fingerprint density at radius 3 is 2.65 bits per heavy atom. The average Bonchev–Trinajstić information content (AvgIpc) is 2.54. The fourth-order valence-corrected chi connectivity index (χ4v) is 5.64. The lowest BCUT2D eigenvalue weighted by Gasteiger charge is -2.40. The predicted octanol–water partition coefficient (Wildman–Crippen LogP) is 3.38. The van der Waals surface area contributed by atoms with Crippen LogP contribution in [0.25, 0.3) is 0 Å². The fourth-order valence-electron chi connectivity index (χ4n) is 3.71. The van der Waals surface area contributed by atoms with Crippen LogP contribution in [0.1, 0.15) is 44.9 Å². The van der Waals surface area contributed by atoms with Crippen molar-refractivity contribution in [1.82, 2.24) is 4.90 Å². The molecule has 0 unspecified atom stereocenters. The number of carbonyl (C=O) groups excluding carboxylic acids is 1. The summed E-state index contributed by atoms with van der Waals surface area (Å²) >= 11 is 1.88. The SMILES string of the molecule is COc1ccc2c(c1)CC(=O)N1[C@@H]2C(C)(C)SC1(C)C. The average molecular weight is 291 g/mol. The van der Waals surface area contributed by atoms with Crippen LogP contribution in [-0.4, -0.2) is 27.5 Å². The predicted molar refractivity (Wildman–Crippen MR) is 82.0 cm³/mol. The number of benzene rings is 1. The lowest BCUT2D eigenvalue weighted by Crippen LogP contribution is -2.48. The highest BCUT2D eigenvalue weighted by molar-refractivity contribution is 8.02. The summed E-state index contributed by atoms with van der Waals surface area (Å²) in [6.45, 7) is 8.76. The standard InChI is InChI=1S/C16H21NO2S/c1-15(2)14-12-7-6-11(19-5)8-10(12)9-13(18)17(14)16(3,4)20-15/h6-8,14H,9H2,1-5H3/t14-/m0/s1. The third-order valence-electron chi connectivity index (χ3n) is 4.26. The zero-order valence-corrected chi connectivity index (χ0v) is 13.5. The van der Waals surface area contributed by atoms with E-state index in [4.69, 9.17) is 4.74 Å². The number of hydrogen-bond donors (Lipinski definition) is 0. The monoisotopic (exact) mass is 291 g/mol. The van der Waals surface area contributed by atoms with Crippen LogP contribution in [0.5, 0.6) is 5.75 Å². The van der Waals surface area contributed by atoms with Gasteiger partial charge in [-0.1, -0.05) is 6.07 Å². The van der Waals surface area contributed by atoms with Gasteiger partial charge in [-0.25, -0.2) is 0 Å². The van der Waals surface area contributed by atoms with Crippen molar-refractivity contribution in [3.8, 4) is 5.75 Å². The zero-order valence-electron chi connectivity index (χ0n) is 12.7. The Balaban J connectivity index is 2.16. The summed E-state index contributed by atoms with van der Waals surface area (Å²) in [6, 6.07) is 6.28. The van der Waals surface area contributed by atoms with Gasteiger partial charge in [0.2, 0.25) is 5.91 Å². The maximum atomic E-state index is 12.6. The Hall–Kier alpha value is -1.16.